The van der Waals surface area contributed by atoms with Gasteiger partial charge in [-0.1, -0.05) is 0 Å². The van der Waals surface area contributed by atoms with Crippen molar-refractivity contribution in [2.75, 3.05) is 59.5 Å². The SMILES string of the molecule is OC[C@H]1C[C@@H]2O[C@H]3[C@H](O)[C@@H](O)[C@@H](O[C@H]4[C@H](O)[C@@H](O)[C@@H](O[C@H]5[C@H](O)C[C@@H](O[C@H]6[C@H](O)[C@@H](O)[C@@H](O[C@H]7[C@H](O)[C@@H](O)[C@@H](O[C@H]8[C@H](O)[C@@H](O)[C@@H](O[C@H]1[C@H](O)C2O)O[C@@H]8CO)O[C@@H]7CO)O[C@@H]6CO[C@H]1O[C@H](CO)[C@@H](O[C@H]2O[C@H](CO)[C@@H](O)[C@H](O)[C@H]2O)[C@H](O)[C@H]1O)O[C@@H]5CO)O[C@@H]4CO)O[C@@H]3CO. The van der Waals surface area contributed by atoms with Crippen LogP contribution < -0.4 is 0 Å². The van der Waals surface area contributed by atoms with Crippen LogP contribution in [0.2, 0.25) is 0 Å². The second-order valence-electron chi connectivity index (χ2n) is 25.7. The molecule has 23 rings (SSSR count). The molecule has 0 amide bonds. The first-order chi connectivity index (χ1) is 46.7. The predicted molar refractivity (Wildman–Crippen MR) is 296 cm³/mol. The quantitative estimate of drug-likeness (QED) is 0.0814. The molecule has 43 heteroatoms. The molecular weight excluding hydrogens is 1350 g/mol. The molecule has 44 atom stereocenters. The molecule has 22 saturated heterocycles. The highest BCUT2D eigenvalue weighted by Gasteiger charge is 2.60. The van der Waals surface area contributed by atoms with E-state index in [1.165, 1.54) is 0 Å². The van der Waals surface area contributed by atoms with E-state index in [-0.39, 0.29) is 0 Å². The van der Waals surface area contributed by atoms with Gasteiger partial charge in [0.15, 0.2) is 50.3 Å². The summed E-state index contributed by atoms with van der Waals surface area (Å²) in [5.41, 5.74) is 0. The summed E-state index contributed by atoms with van der Waals surface area (Å²) in [5, 5.41) is 288. The summed E-state index contributed by atoms with van der Waals surface area (Å²) in [7, 11) is 0. The fraction of sp³-hybridized carbons (Fsp3) is 1.00. The van der Waals surface area contributed by atoms with Crippen LogP contribution >= 0.6 is 0 Å². The van der Waals surface area contributed by atoms with Gasteiger partial charge in [0.2, 0.25) is 0 Å². The van der Waals surface area contributed by atoms with E-state index in [2.05, 4.69) is 0 Å². The lowest BCUT2D eigenvalue weighted by molar-refractivity contribution is -0.393. The Hall–Kier alpha value is -1.72. The number of aliphatic hydroxyl groups excluding tert-OH is 26. The highest BCUT2D eigenvalue weighted by molar-refractivity contribution is 5.03. The molecule has 1 unspecified atom stereocenters. The largest absolute Gasteiger partial charge is 0.396 e. The monoisotopic (exact) mass is 1440 g/mol. The van der Waals surface area contributed by atoms with Crippen LogP contribution in [-0.4, -0.2) is 456 Å². The molecule has 26 N–H and O–H groups in total. The number of rotatable bonds is 13. The van der Waals surface area contributed by atoms with Gasteiger partial charge in [-0.3, -0.25) is 0 Å². The molecule has 0 aromatic rings. The summed E-state index contributed by atoms with van der Waals surface area (Å²) >= 11 is 0. The maximum Gasteiger partial charge on any atom is 0.187 e. The molecule has 22 aliphatic heterocycles. The van der Waals surface area contributed by atoms with Crippen LogP contribution in [0.15, 0.2) is 0 Å². The molecule has 1 saturated carbocycles. The molecule has 0 spiro atoms. The van der Waals surface area contributed by atoms with E-state index in [1.54, 1.807) is 0 Å². The average Bonchev–Trinajstić information content (AvgIpc) is 0.804. The van der Waals surface area contributed by atoms with Crippen molar-refractivity contribution in [3.05, 3.63) is 0 Å². The van der Waals surface area contributed by atoms with Gasteiger partial charge in [0.1, 0.15) is 195 Å². The van der Waals surface area contributed by atoms with E-state index in [9.17, 15) is 133 Å². The van der Waals surface area contributed by atoms with E-state index in [0.717, 1.165) is 0 Å². The minimum Gasteiger partial charge on any atom is -0.396 e. The van der Waals surface area contributed by atoms with Gasteiger partial charge in [0.05, 0.1) is 71.2 Å². The molecule has 23 aliphatic rings. The Morgan fingerprint density at radius 3 is 1.03 bits per heavy atom. The van der Waals surface area contributed by atoms with E-state index in [4.69, 9.17) is 80.5 Å². The zero-order valence-electron chi connectivity index (χ0n) is 51.7. The molecule has 0 aromatic carbocycles. The molecule has 14 bridgehead atoms. The van der Waals surface area contributed by atoms with Crippen molar-refractivity contribution in [2.24, 2.45) is 5.92 Å². The standard InChI is InChI=1S/C55H92O43/c56-3-12-1-14-24(65)27(68)41(12)93-51-37(78)30(71)45(19(8-61)88-51)97-54-39(80)32(73)47(21(10-63)90-54)98-55-40(81)33(74)48(22(91-55)11-82-49-35(76)28(69)44(18(7-60)86-49)95-50-34(75)26(67)25(66)15(4-57)85-50)92-23-2-13(64)42(16(5-58)83-23)94-52-38(79)31(72)46(20(9-62)89-52)96-53-36(77)29(70)43(84-14)17(6-59)87-53/h12-81H,1-11H2/t12-,13-,14+,15-,16-,17-,18-,19-,20-,21-,22-,23-,24?,25-,26+,27-,28-,29-,30-,31-,32-,33-,34-,35-,36-,37-,38-,39-,40-,41-,42+,43-,44-,45-,46-,47-,48-,49+,50-,51-,52-,53-,54-,55-/m1/s1. The van der Waals surface area contributed by atoms with Crippen LogP contribution in [0.1, 0.15) is 12.8 Å². The first kappa shape index (κ1) is 78.9. The molecule has 22 heterocycles. The summed E-state index contributed by atoms with van der Waals surface area (Å²) in [6, 6.07) is 0. The summed E-state index contributed by atoms with van der Waals surface area (Å²) in [5.74, 6) is -1.27. The summed E-state index contributed by atoms with van der Waals surface area (Å²) in [6.07, 6.45) is -86.2. The maximum absolute atomic E-state index is 12.0. The van der Waals surface area contributed by atoms with Crippen LogP contribution in [0.3, 0.4) is 0 Å². The Labute approximate surface area is 554 Å². The van der Waals surface area contributed by atoms with E-state index in [0.29, 0.717) is 0 Å². The van der Waals surface area contributed by atoms with Gasteiger partial charge in [-0.05, 0) is 6.42 Å². The van der Waals surface area contributed by atoms with E-state index >= 15 is 0 Å². The molecule has 23 fully saturated rings. The lowest BCUT2D eigenvalue weighted by Gasteiger charge is -2.50. The Bertz CT molecular complexity index is 2430. The zero-order chi connectivity index (χ0) is 71.2. The first-order valence-corrected chi connectivity index (χ1v) is 31.9. The van der Waals surface area contributed by atoms with Crippen LogP contribution in [0.5, 0.6) is 0 Å². The molecule has 98 heavy (non-hydrogen) atoms. The molecule has 1 aliphatic carbocycles. The minimum absolute atomic E-state index is 0.461. The predicted octanol–water partition coefficient (Wildman–Crippen LogP) is -17.9. The number of ether oxygens (including phenoxy) is 17. The van der Waals surface area contributed by atoms with Gasteiger partial charge in [0.25, 0.3) is 0 Å². The molecule has 0 radical (unpaired) electrons. The Kier molecular flexibility index (Phi) is 27.2. The highest BCUT2D eigenvalue weighted by Crippen LogP contribution is 2.41. The van der Waals surface area contributed by atoms with Gasteiger partial charge in [0, 0.05) is 18.9 Å². The van der Waals surface area contributed by atoms with Gasteiger partial charge < -0.3 is 213 Å². The normalized spacial score (nSPS) is 54.8. The fourth-order valence-corrected chi connectivity index (χ4v) is 13.8. The smallest absolute Gasteiger partial charge is 0.187 e. The third-order valence-electron chi connectivity index (χ3n) is 19.4. The van der Waals surface area contributed by atoms with Crippen molar-refractivity contribution in [3.8, 4) is 0 Å². The second kappa shape index (κ2) is 33.8. The first-order valence-electron chi connectivity index (χ1n) is 31.9. The molecular formula is C55H92O43. The van der Waals surface area contributed by atoms with E-state index < -0.39 is 342 Å². The molecule has 0 aromatic heterocycles. The lowest BCUT2D eigenvalue weighted by atomic mass is 9.80. The van der Waals surface area contributed by atoms with Crippen LogP contribution in [0, 0.1) is 5.92 Å². The summed E-state index contributed by atoms with van der Waals surface area (Å²) < 4.78 is 99.0. The highest BCUT2D eigenvalue weighted by atomic mass is 16.8. The number of aliphatic hydroxyl groups is 26. The second-order valence-corrected chi connectivity index (χ2v) is 25.7. The van der Waals surface area contributed by atoms with Gasteiger partial charge in [-0.2, -0.15) is 0 Å². The van der Waals surface area contributed by atoms with Crippen LogP contribution in [0.4, 0.5) is 0 Å². The van der Waals surface area contributed by atoms with Crippen molar-refractivity contribution in [2.45, 2.75) is 277 Å². The third-order valence-corrected chi connectivity index (χ3v) is 19.4. The fourth-order valence-electron chi connectivity index (χ4n) is 13.8. The Balaban J connectivity index is 0.928. The summed E-state index contributed by atoms with van der Waals surface area (Å²) in [6.45, 7) is -9.12. The minimum atomic E-state index is -2.33. The van der Waals surface area contributed by atoms with Gasteiger partial charge in [-0.25, -0.2) is 0 Å². The average molecular weight is 1440 g/mol. The van der Waals surface area contributed by atoms with Crippen LogP contribution in [0.25, 0.3) is 0 Å². The van der Waals surface area contributed by atoms with Crippen molar-refractivity contribution in [1.29, 1.82) is 0 Å². The van der Waals surface area contributed by atoms with Crippen molar-refractivity contribution in [1.82, 2.24) is 0 Å². The van der Waals surface area contributed by atoms with Gasteiger partial charge >= 0.3 is 0 Å². The topological polar surface area (TPSA) is 683 Å². The number of hydrogen-bond acceptors (Lipinski definition) is 43. The maximum atomic E-state index is 12.0. The summed E-state index contributed by atoms with van der Waals surface area (Å²) in [4.78, 5) is 0. The number of hydrogen-bond donors (Lipinski definition) is 26. The van der Waals surface area contributed by atoms with Crippen molar-refractivity contribution < 1.29 is 213 Å². The third kappa shape index (κ3) is 15.9. The van der Waals surface area contributed by atoms with Gasteiger partial charge in [-0.15, -0.1) is 0 Å². The Morgan fingerprint density at radius 1 is 0.245 bits per heavy atom. The van der Waals surface area contributed by atoms with Crippen molar-refractivity contribution in [3.63, 3.8) is 0 Å². The zero-order valence-corrected chi connectivity index (χ0v) is 51.7. The molecule has 43 nitrogen and oxygen atoms in total. The van der Waals surface area contributed by atoms with Crippen LogP contribution in [-0.2, 0) is 80.5 Å². The molecule has 570 valence electrons. The Morgan fingerprint density at radius 2 is 0.602 bits per heavy atom. The van der Waals surface area contributed by atoms with E-state index in [1.807, 2.05) is 0 Å². The lowest BCUT2D eigenvalue weighted by Crippen LogP contribution is -2.67. The van der Waals surface area contributed by atoms with Crippen molar-refractivity contribution >= 4 is 0 Å².